The Balaban J connectivity index is 0.656. The molecule has 6 heterocycles. The van der Waals surface area contributed by atoms with E-state index in [2.05, 4.69) is 25.5 Å². The van der Waals surface area contributed by atoms with E-state index in [0.717, 1.165) is 61.5 Å². The van der Waals surface area contributed by atoms with Crippen LogP contribution < -0.4 is 21.1 Å². The minimum absolute atomic E-state index is 0.0194. The number of hydrogen-bond acceptors (Lipinski definition) is 14. The summed E-state index contributed by atoms with van der Waals surface area (Å²) in [6.45, 7) is 6.42. The third-order valence-electron chi connectivity index (χ3n) is 13.1. The molecule has 4 N–H and O–H groups in total. The summed E-state index contributed by atoms with van der Waals surface area (Å²) in [6, 6.07) is 22.0. The standard InChI is InChI=1S/C49H57N11O8/c50-46-44-45(33-13-15-36(16-14-33)68-35-8-2-1-3-9-35)55-60(47(44)53-32-52-46)34-7-5-21-58(29-34)42(62)12-6-20-56-22-24-57(25-23-56)43(63)31-67-28-27-66-26-19-51-39-11-4-10-37-38(39)30-59(49(37)65)40-17-18-41(61)54-48(40)64/h1-4,8-11,13-16,32,34,40,51H,5-7,12,17-31H2,(H2,50,52,53)(H,54,61,64). The minimum Gasteiger partial charge on any atom is -0.457 e. The molecule has 0 spiro atoms. The Morgan fingerprint density at radius 3 is 2.43 bits per heavy atom. The molecule has 68 heavy (non-hydrogen) atoms. The first kappa shape index (κ1) is 46.2. The number of anilines is 2. The first-order chi connectivity index (χ1) is 33.2. The van der Waals surface area contributed by atoms with Gasteiger partial charge in [0, 0.05) is 87.6 Å². The van der Waals surface area contributed by atoms with Crippen molar-refractivity contribution in [2.75, 3.05) is 89.8 Å². The van der Waals surface area contributed by atoms with E-state index in [9.17, 15) is 24.0 Å². The predicted octanol–water partition coefficient (Wildman–Crippen LogP) is 3.86. The number of para-hydroxylation sites is 1. The monoisotopic (exact) mass is 927 g/mol. The highest BCUT2D eigenvalue weighted by Gasteiger charge is 2.40. The molecule has 0 bridgehead atoms. The fourth-order valence-corrected chi connectivity index (χ4v) is 9.45. The lowest BCUT2D eigenvalue weighted by molar-refractivity contribution is -0.139. The summed E-state index contributed by atoms with van der Waals surface area (Å²) in [5.74, 6) is 0.899. The van der Waals surface area contributed by atoms with Crippen molar-refractivity contribution in [1.82, 2.24) is 44.7 Å². The number of amides is 5. The first-order valence-corrected chi connectivity index (χ1v) is 23.5. The molecule has 3 aromatic carbocycles. The van der Waals surface area contributed by atoms with E-state index < -0.39 is 11.9 Å². The smallest absolute Gasteiger partial charge is 0.255 e. The van der Waals surface area contributed by atoms with Gasteiger partial charge in [0.15, 0.2) is 5.65 Å². The maximum atomic E-state index is 13.6. The summed E-state index contributed by atoms with van der Waals surface area (Å²) in [5.41, 5.74) is 10.8. The van der Waals surface area contributed by atoms with Crippen molar-refractivity contribution in [1.29, 1.82) is 0 Å². The Bertz CT molecular complexity index is 2620. The van der Waals surface area contributed by atoms with Crippen molar-refractivity contribution in [2.24, 2.45) is 0 Å². The number of nitrogens with one attached hydrogen (secondary N) is 2. The molecule has 3 fully saturated rings. The van der Waals surface area contributed by atoms with Crippen LogP contribution in [0.25, 0.3) is 22.3 Å². The maximum absolute atomic E-state index is 13.6. The van der Waals surface area contributed by atoms with E-state index in [1.165, 1.54) is 11.2 Å². The highest BCUT2D eigenvalue weighted by atomic mass is 16.5. The van der Waals surface area contributed by atoms with Gasteiger partial charge in [-0.3, -0.25) is 34.2 Å². The summed E-state index contributed by atoms with van der Waals surface area (Å²) in [7, 11) is 0. The largest absolute Gasteiger partial charge is 0.457 e. The number of likely N-dealkylation sites (tertiary alicyclic amines) is 1. The van der Waals surface area contributed by atoms with E-state index in [-0.39, 0.29) is 55.8 Å². The number of nitrogens with zero attached hydrogens (tertiary/aromatic N) is 8. The molecule has 2 unspecified atom stereocenters. The number of hydrogen-bond donors (Lipinski definition) is 3. The molecule has 2 aromatic heterocycles. The Morgan fingerprint density at radius 2 is 1.62 bits per heavy atom. The van der Waals surface area contributed by atoms with Gasteiger partial charge in [0.25, 0.3) is 5.91 Å². The minimum atomic E-state index is -0.667. The number of carbonyl (C=O) groups is 5. The van der Waals surface area contributed by atoms with Crippen LogP contribution in [0.5, 0.6) is 11.5 Å². The van der Waals surface area contributed by atoms with Crippen molar-refractivity contribution < 1.29 is 38.2 Å². The topological polar surface area (TPSA) is 220 Å². The van der Waals surface area contributed by atoms with Crippen molar-refractivity contribution in [3.8, 4) is 22.8 Å². The summed E-state index contributed by atoms with van der Waals surface area (Å²) < 4.78 is 19.3. The lowest BCUT2D eigenvalue weighted by Crippen LogP contribution is -2.52. The molecule has 9 rings (SSSR count). The molecule has 19 heteroatoms. The SMILES string of the molecule is Nc1ncnc2c1c(-c1ccc(Oc3ccccc3)cc1)nn2C1CCCN(C(=O)CCCN2CCN(C(=O)COCCOCCNc3cccc4c3CN(C3CCC(=O)NC3=O)C4=O)CC2)C1. The second-order valence-electron chi connectivity index (χ2n) is 17.5. The number of fused-ring (bicyclic) bond motifs is 2. The van der Waals surface area contributed by atoms with Crippen molar-refractivity contribution in [3.63, 3.8) is 0 Å². The summed E-state index contributed by atoms with van der Waals surface area (Å²) in [6.07, 6.45) is 4.85. The molecular weight excluding hydrogens is 871 g/mol. The summed E-state index contributed by atoms with van der Waals surface area (Å²) in [4.78, 5) is 80.0. The first-order valence-electron chi connectivity index (χ1n) is 23.5. The molecule has 356 valence electrons. The Hall–Kier alpha value is -6.96. The Labute approximate surface area is 393 Å². The Kier molecular flexibility index (Phi) is 14.5. The number of piperazine rings is 1. The van der Waals surface area contributed by atoms with E-state index in [0.29, 0.717) is 92.6 Å². The van der Waals surface area contributed by atoms with E-state index in [4.69, 9.17) is 25.0 Å². The normalized spacial score (nSPS) is 18.8. The average molecular weight is 928 g/mol. The molecule has 4 aliphatic heterocycles. The predicted molar refractivity (Wildman–Crippen MR) is 251 cm³/mol. The third kappa shape index (κ3) is 10.6. The number of nitrogens with two attached hydrogens (primary N) is 1. The van der Waals surface area contributed by atoms with E-state index in [1.807, 2.05) is 75.1 Å². The summed E-state index contributed by atoms with van der Waals surface area (Å²) in [5, 5.41) is 11.4. The van der Waals surface area contributed by atoms with Crippen LogP contribution >= 0.6 is 0 Å². The second-order valence-corrected chi connectivity index (χ2v) is 17.5. The van der Waals surface area contributed by atoms with Crippen LogP contribution in [0.3, 0.4) is 0 Å². The molecule has 0 radical (unpaired) electrons. The molecule has 3 saturated heterocycles. The number of rotatable bonds is 18. The van der Waals surface area contributed by atoms with Crippen LogP contribution in [0.2, 0.25) is 0 Å². The van der Waals surface area contributed by atoms with Gasteiger partial charge in [0.2, 0.25) is 23.6 Å². The van der Waals surface area contributed by atoms with Crippen molar-refractivity contribution in [2.45, 2.75) is 57.2 Å². The lowest BCUT2D eigenvalue weighted by Gasteiger charge is -2.35. The van der Waals surface area contributed by atoms with Gasteiger partial charge < -0.3 is 40.0 Å². The molecule has 5 amide bonds. The zero-order valence-corrected chi connectivity index (χ0v) is 38.0. The number of nitrogen functional groups attached to an aromatic ring is 1. The van der Waals surface area contributed by atoms with Crippen molar-refractivity contribution >= 4 is 52.1 Å². The van der Waals surface area contributed by atoms with Gasteiger partial charge in [0.05, 0.1) is 31.2 Å². The number of imide groups is 1. The quantitative estimate of drug-likeness (QED) is 0.0840. The molecule has 5 aromatic rings. The van der Waals surface area contributed by atoms with Gasteiger partial charge in [0.1, 0.15) is 42.0 Å². The second kappa shape index (κ2) is 21.3. The fourth-order valence-electron chi connectivity index (χ4n) is 9.45. The molecule has 2 atom stereocenters. The number of carbonyl (C=O) groups excluding carboxylic acids is 5. The van der Waals surface area contributed by atoms with Crippen LogP contribution in [0.4, 0.5) is 11.5 Å². The van der Waals surface area contributed by atoms with Gasteiger partial charge in [-0.05, 0) is 80.8 Å². The van der Waals surface area contributed by atoms with Crippen LogP contribution in [0, 0.1) is 0 Å². The summed E-state index contributed by atoms with van der Waals surface area (Å²) >= 11 is 0. The third-order valence-corrected chi connectivity index (χ3v) is 13.1. The number of aromatic nitrogens is 4. The van der Waals surface area contributed by atoms with Gasteiger partial charge >= 0.3 is 0 Å². The average Bonchev–Trinajstić information content (AvgIpc) is 3.92. The molecule has 4 aliphatic rings. The number of ether oxygens (including phenoxy) is 3. The highest BCUT2D eigenvalue weighted by Crippen LogP contribution is 2.36. The molecule has 19 nitrogen and oxygen atoms in total. The molecule has 0 aliphatic carbocycles. The lowest BCUT2D eigenvalue weighted by atomic mass is 10.0. The van der Waals surface area contributed by atoms with Crippen LogP contribution in [0.15, 0.2) is 79.1 Å². The van der Waals surface area contributed by atoms with Gasteiger partial charge in [-0.1, -0.05) is 24.3 Å². The number of piperidine rings is 2. The van der Waals surface area contributed by atoms with Gasteiger partial charge in [-0.15, -0.1) is 0 Å². The zero-order valence-electron chi connectivity index (χ0n) is 38.0. The molecule has 0 saturated carbocycles. The van der Waals surface area contributed by atoms with E-state index >= 15 is 0 Å². The molecular formula is C49H57N11O8. The Morgan fingerprint density at radius 1 is 0.824 bits per heavy atom. The fraction of sp³-hybridized carbons (Fsp3) is 0.429. The van der Waals surface area contributed by atoms with E-state index in [1.54, 1.807) is 12.1 Å². The maximum Gasteiger partial charge on any atom is 0.255 e. The van der Waals surface area contributed by atoms with Crippen LogP contribution in [0.1, 0.15) is 60.5 Å². The highest BCUT2D eigenvalue weighted by molar-refractivity contribution is 6.06. The van der Waals surface area contributed by atoms with Gasteiger partial charge in [-0.25, -0.2) is 14.6 Å². The zero-order chi connectivity index (χ0) is 47.0. The van der Waals surface area contributed by atoms with Crippen molar-refractivity contribution in [3.05, 3.63) is 90.3 Å². The number of benzene rings is 3. The van der Waals surface area contributed by atoms with Crippen LogP contribution in [-0.2, 0) is 35.2 Å². The van der Waals surface area contributed by atoms with Gasteiger partial charge in [-0.2, -0.15) is 5.10 Å². The van der Waals surface area contributed by atoms with Crippen LogP contribution in [-0.4, -0.2) is 154 Å².